The summed E-state index contributed by atoms with van der Waals surface area (Å²) in [5.74, 6) is -8.78. The van der Waals surface area contributed by atoms with Crippen LogP contribution in [-0.2, 0) is 0 Å². The predicted molar refractivity (Wildman–Crippen MR) is 320 cm³/mol. The summed E-state index contributed by atoms with van der Waals surface area (Å²) in [4.78, 5) is 71.2. The van der Waals surface area contributed by atoms with Crippen LogP contribution in [0.1, 0.15) is 76.0 Å². The molecular formula is C64H45Cl4F4N3O10. The van der Waals surface area contributed by atoms with Crippen LogP contribution in [0.25, 0.3) is 33.4 Å². The molecule has 6 N–H and O–H groups in total. The zero-order chi connectivity index (χ0) is 61.6. The van der Waals surface area contributed by atoms with E-state index in [1.807, 2.05) is 43.4 Å². The fourth-order valence-corrected chi connectivity index (χ4v) is 9.20. The lowest BCUT2D eigenvalue weighted by Crippen LogP contribution is -2.18. The molecule has 0 aliphatic heterocycles. The van der Waals surface area contributed by atoms with Gasteiger partial charge in [-0.05, 0) is 125 Å². The molecule has 0 unspecified atom stereocenters. The van der Waals surface area contributed by atoms with Crippen molar-refractivity contribution in [3.05, 3.63) is 259 Å². The highest BCUT2D eigenvalue weighted by Crippen LogP contribution is 2.39. The highest BCUT2D eigenvalue weighted by Gasteiger charge is 2.23. The molecule has 0 spiro atoms. The van der Waals surface area contributed by atoms with Crippen LogP contribution in [0.3, 0.4) is 0 Å². The topological polar surface area (TPSA) is 208 Å². The smallest absolute Gasteiger partial charge is 0.336 e. The van der Waals surface area contributed by atoms with Gasteiger partial charge in [-0.1, -0.05) is 145 Å². The van der Waals surface area contributed by atoms with Gasteiger partial charge in [-0.3, -0.25) is 14.4 Å². The molecule has 0 atom stereocenters. The van der Waals surface area contributed by atoms with E-state index in [2.05, 4.69) is 10.6 Å². The van der Waals surface area contributed by atoms with Gasteiger partial charge in [0.1, 0.15) is 34.7 Å². The molecule has 9 aromatic carbocycles. The third kappa shape index (κ3) is 16.0. The molecule has 0 radical (unpaired) electrons. The van der Waals surface area contributed by atoms with Crippen molar-refractivity contribution in [3.63, 3.8) is 0 Å². The van der Waals surface area contributed by atoms with Gasteiger partial charge in [0.2, 0.25) is 0 Å². The summed E-state index contributed by atoms with van der Waals surface area (Å²) >= 11 is 25.1. The highest BCUT2D eigenvalue weighted by molar-refractivity contribution is 6.41. The zero-order valence-electron chi connectivity index (χ0n) is 44.3. The lowest BCUT2D eigenvalue weighted by atomic mass is 10.0. The van der Waals surface area contributed by atoms with Crippen LogP contribution in [0.2, 0.25) is 20.1 Å². The maximum Gasteiger partial charge on any atom is 0.336 e. The highest BCUT2D eigenvalue weighted by atomic mass is 35.5. The lowest BCUT2D eigenvalue weighted by Gasteiger charge is -2.13. The number of hydrogen-bond donors (Lipinski definition) is 6. The number of hydrogen-bond acceptors (Lipinski definition) is 7. The molecule has 432 valence electrons. The normalized spacial score (nSPS) is 10.6. The number of benzene rings is 9. The Kier molecular flexibility index (Phi) is 21.3. The van der Waals surface area contributed by atoms with Gasteiger partial charge >= 0.3 is 17.9 Å². The Bertz CT molecular complexity index is 3820. The number of rotatable bonds is 15. The quantitative estimate of drug-likeness (QED) is 0.0535. The minimum atomic E-state index is -1.35. The minimum Gasteiger partial charge on any atom is -0.493 e. The first-order chi connectivity index (χ1) is 40.5. The number of halogens is 8. The van der Waals surface area contributed by atoms with Crippen LogP contribution in [-0.4, -0.2) is 57.6 Å². The second-order valence-electron chi connectivity index (χ2n) is 18.6. The zero-order valence-corrected chi connectivity index (χ0v) is 47.4. The van der Waals surface area contributed by atoms with E-state index in [-0.39, 0.29) is 71.0 Å². The van der Waals surface area contributed by atoms with Gasteiger partial charge in [0, 0.05) is 16.1 Å². The maximum absolute atomic E-state index is 14.8. The average Bonchev–Trinajstić information content (AvgIpc) is 2.30. The molecule has 9 rings (SSSR count). The van der Waals surface area contributed by atoms with Crippen molar-refractivity contribution in [1.29, 1.82) is 0 Å². The van der Waals surface area contributed by atoms with E-state index in [0.29, 0.717) is 40.0 Å². The first-order valence-electron chi connectivity index (χ1n) is 25.1. The van der Waals surface area contributed by atoms with E-state index in [0.717, 1.165) is 23.8 Å². The molecule has 0 heterocycles. The van der Waals surface area contributed by atoms with Gasteiger partial charge in [0.05, 0.1) is 66.4 Å². The minimum absolute atomic E-state index is 0.00407. The number of carboxylic acids is 3. The van der Waals surface area contributed by atoms with Gasteiger partial charge < -0.3 is 36.0 Å². The summed E-state index contributed by atoms with van der Waals surface area (Å²) in [7, 11) is 0. The molecule has 0 saturated heterocycles. The van der Waals surface area contributed by atoms with Crippen LogP contribution in [0.4, 0.5) is 34.6 Å². The largest absolute Gasteiger partial charge is 0.493 e. The average molecular weight is 1230 g/mol. The van der Waals surface area contributed by atoms with E-state index in [9.17, 15) is 56.5 Å². The Morgan fingerprint density at radius 2 is 0.765 bits per heavy atom. The number of carboxylic acid groups (broad SMARTS) is 3. The monoisotopic (exact) mass is 1230 g/mol. The number of anilines is 3. The molecule has 21 heteroatoms. The molecule has 85 heavy (non-hydrogen) atoms. The van der Waals surface area contributed by atoms with E-state index in [4.69, 9.17) is 56.2 Å². The van der Waals surface area contributed by atoms with Crippen molar-refractivity contribution < 1.29 is 66.4 Å². The Morgan fingerprint density at radius 3 is 1.22 bits per heavy atom. The van der Waals surface area contributed by atoms with Crippen molar-refractivity contribution in [3.8, 4) is 39.1 Å². The Balaban J connectivity index is 0.000000183. The summed E-state index contributed by atoms with van der Waals surface area (Å²) in [5.41, 5.74) is 0.909. The van der Waals surface area contributed by atoms with Gasteiger partial charge in [-0.25, -0.2) is 31.9 Å². The van der Waals surface area contributed by atoms with Crippen LogP contribution in [0.15, 0.2) is 182 Å². The van der Waals surface area contributed by atoms with Gasteiger partial charge in [-0.15, -0.1) is 0 Å². The molecule has 0 aliphatic carbocycles. The van der Waals surface area contributed by atoms with Crippen LogP contribution >= 0.6 is 46.4 Å². The first kappa shape index (κ1) is 63.1. The van der Waals surface area contributed by atoms with Crippen molar-refractivity contribution in [2.24, 2.45) is 5.92 Å². The summed E-state index contributed by atoms with van der Waals surface area (Å²) in [6.45, 7) is 4.64. The second kappa shape index (κ2) is 28.6. The van der Waals surface area contributed by atoms with E-state index >= 15 is 0 Å². The van der Waals surface area contributed by atoms with E-state index < -0.39 is 64.6 Å². The Hall–Kier alpha value is -9.52. The molecule has 0 saturated carbocycles. The second-order valence-corrected chi connectivity index (χ2v) is 20.2. The predicted octanol–water partition coefficient (Wildman–Crippen LogP) is 17.1. The van der Waals surface area contributed by atoms with E-state index in [1.165, 1.54) is 91.0 Å². The molecule has 9 aromatic rings. The number of nitrogens with one attached hydrogen (secondary N) is 3. The van der Waals surface area contributed by atoms with Gasteiger partial charge in [0.25, 0.3) is 17.7 Å². The van der Waals surface area contributed by atoms with Gasteiger partial charge in [0.15, 0.2) is 0 Å². The summed E-state index contributed by atoms with van der Waals surface area (Å²) in [6, 6.07) is 44.6. The Morgan fingerprint density at radius 1 is 0.388 bits per heavy atom. The number of aromatic carboxylic acids is 3. The fourth-order valence-electron chi connectivity index (χ4n) is 8.12. The number of ether oxygens (including phenoxy) is 1. The van der Waals surface area contributed by atoms with Crippen molar-refractivity contribution in [2.45, 2.75) is 13.8 Å². The molecular weight excluding hydrogens is 1190 g/mol. The molecule has 3 amide bonds. The molecule has 0 aliphatic rings. The van der Waals surface area contributed by atoms with Crippen LogP contribution < -0.4 is 20.7 Å². The fraction of sp³-hybridized carbons (Fsp3) is 0.0625. The molecule has 0 aromatic heterocycles. The molecule has 0 fully saturated rings. The van der Waals surface area contributed by atoms with Crippen molar-refractivity contribution in [2.75, 3.05) is 22.6 Å². The van der Waals surface area contributed by atoms with Crippen molar-refractivity contribution >= 4 is 99.1 Å². The van der Waals surface area contributed by atoms with Gasteiger partial charge in [-0.2, -0.15) is 0 Å². The third-order valence-electron chi connectivity index (χ3n) is 12.2. The molecule has 13 nitrogen and oxygen atoms in total. The Labute approximate surface area is 503 Å². The number of amides is 3. The number of carbonyl (C=O) groups excluding carboxylic acids is 3. The third-order valence-corrected chi connectivity index (χ3v) is 13.4. The summed E-state index contributed by atoms with van der Waals surface area (Å²) < 4.78 is 63.1. The van der Waals surface area contributed by atoms with Crippen LogP contribution in [0, 0.1) is 29.2 Å². The maximum atomic E-state index is 14.8. The summed E-state index contributed by atoms with van der Waals surface area (Å²) in [6.07, 6.45) is 0. The van der Waals surface area contributed by atoms with Crippen molar-refractivity contribution in [1.82, 2.24) is 0 Å². The SMILES string of the molecule is CC(C)COc1cccc(-c2cc(F)c(NC(=O)c3ccccc3C(=O)O)c(Cl)c2)c1.O=C(O)c1ccccc1C(=O)Nc1c(Cl)cc(-c2ccccc2Cl)cc1Cl.O=C(O)c1ccccc1C(=O)Nc1c(F)cc(-c2ccccc2F)cc1F. The summed E-state index contributed by atoms with van der Waals surface area (Å²) in [5, 5.41) is 35.5. The van der Waals surface area contributed by atoms with Crippen LogP contribution in [0.5, 0.6) is 5.75 Å². The molecule has 0 bridgehead atoms. The lowest BCUT2D eigenvalue weighted by molar-refractivity contribution is 0.0683. The first-order valence-corrected chi connectivity index (χ1v) is 26.6. The standard InChI is InChI=1S/C24H21ClFNO4.C20H12Cl3NO3.C20H12F3NO3/c1-14(2)13-31-17-7-5-6-15(10-17)16-11-20(25)22(21(26)12-16)27-23(28)18-8-3-4-9-19(18)24(29)30;2*21-15-8-4-3-5-12(15)11-9-16(22)18(17(23)10-11)24-19(25)13-6-1-2-7-14(13)20(26)27/h3-12,14H,13H2,1-2H3,(H,27,28)(H,29,30);2*1-10H,(H,24,25)(H,26,27). The number of carbonyl (C=O) groups is 6. The van der Waals surface area contributed by atoms with E-state index in [1.54, 1.807) is 48.5 Å².